The molecule has 7 nitrogen and oxygen atoms in total. The molecule has 7 heteroatoms. The number of aryl methyl sites for hydroxylation is 3. The second-order valence-electron chi connectivity index (χ2n) is 8.67. The molecule has 0 radical (unpaired) electrons. The van der Waals surface area contributed by atoms with Crippen LogP contribution in [0, 0.1) is 6.92 Å². The predicted octanol–water partition coefficient (Wildman–Crippen LogP) is 5.92. The maximum Gasteiger partial charge on any atom is 0.306 e. The lowest BCUT2D eigenvalue weighted by molar-refractivity contribution is -0.143. The third kappa shape index (κ3) is 6.62. The first-order chi connectivity index (χ1) is 17.6. The van der Waals surface area contributed by atoms with Crippen LogP contribution in [0.2, 0.25) is 0 Å². The Balaban J connectivity index is 1.35. The maximum absolute atomic E-state index is 11.8. The lowest BCUT2D eigenvalue weighted by atomic mass is 10.1. The highest BCUT2D eigenvalue weighted by molar-refractivity contribution is 5.69. The van der Waals surface area contributed by atoms with Gasteiger partial charge in [-0.25, -0.2) is 4.98 Å². The molecule has 0 saturated heterocycles. The van der Waals surface area contributed by atoms with Crippen LogP contribution in [0.15, 0.2) is 65.2 Å². The Morgan fingerprint density at radius 2 is 1.78 bits per heavy atom. The minimum Gasteiger partial charge on any atom is -0.487 e. The van der Waals surface area contributed by atoms with E-state index in [2.05, 4.69) is 11.9 Å². The molecule has 188 valence electrons. The van der Waals surface area contributed by atoms with Crippen molar-refractivity contribution in [1.82, 2.24) is 14.8 Å². The summed E-state index contributed by atoms with van der Waals surface area (Å²) in [4.78, 5) is 16.4. The van der Waals surface area contributed by atoms with Crippen molar-refractivity contribution in [2.45, 2.75) is 59.6 Å². The zero-order valence-corrected chi connectivity index (χ0v) is 21.2. The molecule has 4 aromatic rings. The first-order valence-electron chi connectivity index (χ1n) is 12.5. The summed E-state index contributed by atoms with van der Waals surface area (Å²) < 4.78 is 18.8. The number of ether oxygens (including phenoxy) is 2. The Morgan fingerprint density at radius 3 is 2.50 bits per heavy atom. The molecular formula is C29H33N3O4. The highest BCUT2D eigenvalue weighted by Crippen LogP contribution is 2.23. The van der Waals surface area contributed by atoms with Crippen LogP contribution in [0.25, 0.3) is 11.5 Å². The molecule has 0 spiro atoms. The van der Waals surface area contributed by atoms with Gasteiger partial charge >= 0.3 is 5.97 Å². The van der Waals surface area contributed by atoms with Crippen molar-refractivity contribution in [3.05, 3.63) is 89.1 Å². The summed E-state index contributed by atoms with van der Waals surface area (Å²) in [5, 5.41) is 4.77. The molecule has 0 atom stereocenters. The number of carbonyl (C=O) groups excluding carboxylic acids is 1. The van der Waals surface area contributed by atoms with E-state index in [1.807, 2.05) is 79.3 Å². The van der Waals surface area contributed by atoms with Crippen molar-refractivity contribution in [2.75, 3.05) is 6.61 Å². The Labute approximate surface area is 212 Å². The highest BCUT2D eigenvalue weighted by atomic mass is 16.5. The van der Waals surface area contributed by atoms with Crippen LogP contribution in [0.5, 0.6) is 5.75 Å². The molecule has 2 aromatic carbocycles. The molecule has 2 aromatic heterocycles. The van der Waals surface area contributed by atoms with Crippen molar-refractivity contribution in [2.24, 2.45) is 0 Å². The molecule has 0 N–H and O–H groups in total. The fourth-order valence-electron chi connectivity index (χ4n) is 4.01. The average molecular weight is 488 g/mol. The number of rotatable bonds is 12. The van der Waals surface area contributed by atoms with Crippen molar-refractivity contribution in [1.29, 1.82) is 0 Å². The van der Waals surface area contributed by atoms with Crippen LogP contribution < -0.4 is 4.74 Å². The van der Waals surface area contributed by atoms with Gasteiger partial charge in [-0.2, -0.15) is 5.10 Å². The minimum absolute atomic E-state index is 0.166. The molecular weight excluding hydrogens is 454 g/mol. The summed E-state index contributed by atoms with van der Waals surface area (Å²) in [6, 6.07) is 17.8. The lowest BCUT2D eigenvalue weighted by Crippen LogP contribution is -2.05. The zero-order chi connectivity index (χ0) is 25.3. The lowest BCUT2D eigenvalue weighted by Gasteiger charge is -2.06. The monoisotopic (exact) mass is 487 g/mol. The van der Waals surface area contributed by atoms with Crippen LogP contribution in [-0.4, -0.2) is 27.3 Å². The Hall–Kier alpha value is -3.87. The normalized spacial score (nSPS) is 11.0. The Kier molecular flexibility index (Phi) is 8.55. The molecule has 2 heterocycles. The molecule has 0 unspecified atom stereocenters. The molecule has 0 bridgehead atoms. The standard InChI is InChI=1S/C29H33N3O4/c1-4-9-26-24(14-17-28(33)34-5-2)19-32(31-26)18-22-12-15-25(16-13-22)35-20-27-21(3)36-29(30-27)23-10-7-6-8-11-23/h6-8,10-13,15-16,19H,4-5,9,14,17-18,20H2,1-3H3. The second kappa shape index (κ2) is 12.2. The van der Waals surface area contributed by atoms with Gasteiger partial charge in [0, 0.05) is 18.2 Å². The first-order valence-corrected chi connectivity index (χ1v) is 12.5. The van der Waals surface area contributed by atoms with Crippen molar-refractivity contribution in [3.63, 3.8) is 0 Å². The molecule has 0 aliphatic rings. The van der Waals surface area contributed by atoms with E-state index in [1.54, 1.807) is 0 Å². The van der Waals surface area contributed by atoms with E-state index in [9.17, 15) is 4.79 Å². The minimum atomic E-state index is -0.166. The highest BCUT2D eigenvalue weighted by Gasteiger charge is 2.13. The van der Waals surface area contributed by atoms with Gasteiger partial charge in [-0.05, 0) is 62.1 Å². The van der Waals surface area contributed by atoms with E-state index in [-0.39, 0.29) is 5.97 Å². The number of oxazole rings is 1. The van der Waals surface area contributed by atoms with E-state index >= 15 is 0 Å². The van der Waals surface area contributed by atoms with Crippen molar-refractivity contribution in [3.8, 4) is 17.2 Å². The SMILES string of the molecule is CCCc1nn(Cc2ccc(OCc3nc(-c4ccccc4)oc3C)cc2)cc1CCC(=O)OCC. The van der Waals surface area contributed by atoms with E-state index in [4.69, 9.17) is 19.0 Å². The number of hydrogen-bond donors (Lipinski definition) is 0. The third-order valence-electron chi connectivity index (χ3n) is 5.87. The maximum atomic E-state index is 11.8. The molecule has 0 saturated carbocycles. The van der Waals surface area contributed by atoms with Crippen molar-refractivity contribution >= 4 is 5.97 Å². The first kappa shape index (κ1) is 25.2. The smallest absolute Gasteiger partial charge is 0.306 e. The van der Waals surface area contributed by atoms with E-state index < -0.39 is 0 Å². The van der Waals surface area contributed by atoms with Gasteiger partial charge in [-0.3, -0.25) is 9.48 Å². The third-order valence-corrected chi connectivity index (χ3v) is 5.87. The predicted molar refractivity (Wildman–Crippen MR) is 138 cm³/mol. The van der Waals surface area contributed by atoms with Crippen LogP contribution in [0.3, 0.4) is 0 Å². The fourth-order valence-corrected chi connectivity index (χ4v) is 4.01. The van der Waals surface area contributed by atoms with Gasteiger partial charge in [-0.15, -0.1) is 0 Å². The number of benzene rings is 2. The molecule has 4 rings (SSSR count). The summed E-state index contributed by atoms with van der Waals surface area (Å²) >= 11 is 0. The molecule has 0 aliphatic heterocycles. The second-order valence-corrected chi connectivity index (χ2v) is 8.67. The number of esters is 1. The summed E-state index contributed by atoms with van der Waals surface area (Å²) in [6.07, 6.45) is 4.97. The van der Waals surface area contributed by atoms with Gasteiger partial charge in [0.1, 0.15) is 23.8 Å². The quantitative estimate of drug-likeness (QED) is 0.231. The molecule has 0 aliphatic carbocycles. The van der Waals surface area contributed by atoms with Gasteiger partial charge in [0.15, 0.2) is 0 Å². The van der Waals surface area contributed by atoms with E-state index in [1.165, 1.54) is 0 Å². The largest absolute Gasteiger partial charge is 0.487 e. The van der Waals surface area contributed by atoms with Gasteiger partial charge < -0.3 is 13.9 Å². The van der Waals surface area contributed by atoms with Crippen LogP contribution in [0.1, 0.15) is 55.0 Å². The molecule has 0 fully saturated rings. The van der Waals surface area contributed by atoms with Gasteiger partial charge in [0.05, 0.1) is 18.8 Å². The van der Waals surface area contributed by atoms with Gasteiger partial charge in [0.2, 0.25) is 5.89 Å². The number of carbonyl (C=O) groups is 1. The summed E-state index contributed by atoms with van der Waals surface area (Å²) in [5.41, 5.74) is 5.02. The molecule has 36 heavy (non-hydrogen) atoms. The number of nitrogens with zero attached hydrogens (tertiary/aromatic N) is 3. The summed E-state index contributed by atoms with van der Waals surface area (Å²) in [6.45, 7) is 7.26. The summed E-state index contributed by atoms with van der Waals surface area (Å²) in [5.74, 6) is 1.96. The van der Waals surface area contributed by atoms with Gasteiger partial charge in [-0.1, -0.05) is 43.7 Å². The van der Waals surface area contributed by atoms with Crippen molar-refractivity contribution < 1.29 is 18.7 Å². The topological polar surface area (TPSA) is 79.4 Å². The summed E-state index contributed by atoms with van der Waals surface area (Å²) in [7, 11) is 0. The van der Waals surface area contributed by atoms with Crippen LogP contribution in [-0.2, 0) is 35.5 Å². The number of hydrogen-bond acceptors (Lipinski definition) is 6. The fraction of sp³-hybridized carbons (Fsp3) is 0.345. The molecule has 0 amide bonds. The van der Waals surface area contributed by atoms with Crippen LogP contribution >= 0.6 is 0 Å². The van der Waals surface area contributed by atoms with E-state index in [0.717, 1.165) is 52.4 Å². The van der Waals surface area contributed by atoms with Crippen LogP contribution in [0.4, 0.5) is 0 Å². The Morgan fingerprint density at radius 1 is 1.00 bits per heavy atom. The van der Waals surface area contributed by atoms with E-state index in [0.29, 0.717) is 38.5 Å². The average Bonchev–Trinajstić information content (AvgIpc) is 3.45. The van der Waals surface area contributed by atoms with Gasteiger partial charge in [0.25, 0.3) is 0 Å². The zero-order valence-electron chi connectivity index (χ0n) is 21.2. The Bertz CT molecular complexity index is 1260. The number of aromatic nitrogens is 3.